The van der Waals surface area contributed by atoms with Gasteiger partial charge in [-0.3, -0.25) is 0 Å². The summed E-state index contributed by atoms with van der Waals surface area (Å²) in [6, 6.07) is 77.6. The van der Waals surface area contributed by atoms with E-state index in [9.17, 15) is 0 Å². The van der Waals surface area contributed by atoms with Gasteiger partial charge in [-0.1, -0.05) is 176 Å². The number of benzene rings is 9. The first kappa shape index (κ1) is 33.5. The Morgan fingerprint density at radius 1 is 0.281 bits per heavy atom. The lowest BCUT2D eigenvalue weighted by molar-refractivity contribution is 1.30. The average Bonchev–Trinajstić information content (AvgIpc) is 3.86. The minimum Gasteiger partial charge on any atom is -0.308 e. The quantitative estimate of drug-likeness (QED) is 0.156. The Hall–Kier alpha value is -6.78. The van der Waals surface area contributed by atoms with Crippen LogP contribution in [0.15, 0.2) is 212 Å². The van der Waals surface area contributed by atoms with Gasteiger partial charge in [0.2, 0.25) is 0 Å². The van der Waals surface area contributed by atoms with Crippen molar-refractivity contribution in [3.8, 4) is 44.5 Å². The lowest BCUT2D eigenvalue weighted by Crippen LogP contribution is -2.11. The van der Waals surface area contributed by atoms with E-state index in [-0.39, 0.29) is 0 Å². The van der Waals surface area contributed by atoms with Gasteiger partial charge in [0.05, 0.1) is 16.1 Å². The minimum absolute atomic E-state index is 1.12. The monoisotopic (exact) mass is 761 g/mol. The van der Waals surface area contributed by atoms with Crippen LogP contribution < -0.4 is 4.90 Å². The molecule has 9 aromatic carbocycles. The van der Waals surface area contributed by atoms with Crippen molar-refractivity contribution in [1.82, 2.24) is 0 Å². The maximum atomic E-state index is 2.50. The molecule has 2 heterocycles. The third-order valence-electron chi connectivity index (χ3n) is 11.1. The van der Waals surface area contributed by atoms with Crippen molar-refractivity contribution in [3.05, 3.63) is 212 Å². The van der Waals surface area contributed by atoms with E-state index in [0.29, 0.717) is 0 Å². The Bertz CT molecular complexity index is 3260. The molecule has 268 valence electrons. The number of anilines is 3. The largest absolute Gasteiger partial charge is 0.308 e. The Morgan fingerprint density at radius 3 is 1.47 bits per heavy atom. The van der Waals surface area contributed by atoms with Crippen molar-refractivity contribution in [2.75, 3.05) is 4.90 Å². The summed E-state index contributed by atoms with van der Waals surface area (Å²) in [6.07, 6.45) is 0. The van der Waals surface area contributed by atoms with Crippen molar-refractivity contribution in [3.63, 3.8) is 0 Å². The van der Waals surface area contributed by atoms with Crippen LogP contribution in [-0.4, -0.2) is 0 Å². The molecule has 11 aromatic rings. The Kier molecular flexibility index (Phi) is 8.28. The van der Waals surface area contributed by atoms with Crippen molar-refractivity contribution < 1.29 is 0 Å². The second-order valence-electron chi connectivity index (χ2n) is 14.4. The van der Waals surface area contributed by atoms with Gasteiger partial charge in [0.1, 0.15) is 0 Å². The van der Waals surface area contributed by atoms with Crippen LogP contribution in [0.4, 0.5) is 17.1 Å². The van der Waals surface area contributed by atoms with Crippen molar-refractivity contribution in [1.29, 1.82) is 0 Å². The van der Waals surface area contributed by atoms with Crippen LogP contribution in [0.25, 0.3) is 84.9 Å². The third-order valence-corrected chi connectivity index (χ3v) is 13.5. The molecule has 0 spiro atoms. The predicted molar refractivity (Wildman–Crippen MR) is 249 cm³/mol. The lowest BCUT2D eigenvalue weighted by atomic mass is 9.88. The van der Waals surface area contributed by atoms with Crippen molar-refractivity contribution in [2.24, 2.45) is 0 Å². The van der Waals surface area contributed by atoms with Crippen LogP contribution in [0.3, 0.4) is 0 Å². The lowest BCUT2D eigenvalue weighted by Gasteiger charge is -2.29. The summed E-state index contributed by atoms with van der Waals surface area (Å²) in [5, 5.41) is 5.19. The van der Waals surface area contributed by atoms with Crippen molar-refractivity contribution in [2.45, 2.75) is 0 Å². The van der Waals surface area contributed by atoms with Crippen LogP contribution in [0.5, 0.6) is 0 Å². The molecule has 0 saturated heterocycles. The summed E-state index contributed by atoms with van der Waals surface area (Å²) in [6.45, 7) is 0. The van der Waals surface area contributed by atoms with E-state index in [1.165, 1.54) is 90.5 Å². The summed E-state index contributed by atoms with van der Waals surface area (Å²) < 4.78 is 5.20. The highest BCUT2D eigenvalue weighted by Gasteiger charge is 2.23. The first-order chi connectivity index (χ1) is 28.3. The Labute approximate surface area is 340 Å². The molecule has 0 saturated carbocycles. The molecule has 0 bridgehead atoms. The topological polar surface area (TPSA) is 3.24 Å². The van der Waals surface area contributed by atoms with E-state index in [4.69, 9.17) is 0 Å². The average molecular weight is 762 g/mol. The van der Waals surface area contributed by atoms with Crippen LogP contribution in [0.1, 0.15) is 0 Å². The molecule has 0 atom stereocenters. The van der Waals surface area contributed by atoms with E-state index in [1.54, 1.807) is 0 Å². The summed E-state index contributed by atoms with van der Waals surface area (Å²) >= 11 is 3.75. The normalized spacial score (nSPS) is 11.5. The highest BCUT2D eigenvalue weighted by atomic mass is 32.1. The number of rotatable bonds is 7. The Morgan fingerprint density at radius 2 is 0.737 bits per heavy atom. The van der Waals surface area contributed by atoms with Gasteiger partial charge in [0.15, 0.2) is 0 Å². The molecule has 0 N–H and O–H groups in total. The van der Waals surface area contributed by atoms with E-state index in [0.717, 1.165) is 11.4 Å². The second kappa shape index (κ2) is 14.1. The third kappa shape index (κ3) is 5.74. The zero-order chi connectivity index (χ0) is 37.7. The van der Waals surface area contributed by atoms with Gasteiger partial charge >= 0.3 is 0 Å². The van der Waals surface area contributed by atoms with E-state index in [1.807, 2.05) is 22.7 Å². The van der Waals surface area contributed by atoms with Crippen molar-refractivity contribution >= 4 is 80.1 Å². The van der Waals surface area contributed by atoms with E-state index >= 15 is 0 Å². The van der Waals surface area contributed by atoms with Gasteiger partial charge in [0.25, 0.3) is 0 Å². The smallest absolute Gasteiger partial charge is 0.0640 e. The maximum Gasteiger partial charge on any atom is 0.0640 e. The zero-order valence-corrected chi connectivity index (χ0v) is 32.6. The highest BCUT2D eigenvalue weighted by molar-refractivity contribution is 7.26. The molecule has 0 aliphatic rings. The molecule has 0 aliphatic carbocycles. The second-order valence-corrected chi connectivity index (χ2v) is 16.5. The molecule has 57 heavy (non-hydrogen) atoms. The number of fused-ring (bicyclic) bond motifs is 6. The van der Waals surface area contributed by atoms with Crippen LogP contribution in [0, 0.1) is 0 Å². The summed E-state index contributed by atoms with van der Waals surface area (Å²) in [5.41, 5.74) is 13.1. The molecule has 3 heteroatoms. The van der Waals surface area contributed by atoms with Gasteiger partial charge in [-0.05, 0) is 75.3 Å². The SMILES string of the molecule is c1ccc(-c2ccccc2-c2ccccc2-c2ccccc2N(c2cccc(-c3cccc4c3sc3ccccc34)c2)c2cccc3c2sc2ccccc23)cc1. The Balaban J connectivity index is 1.16. The molecular formula is C54H35NS2. The fraction of sp³-hybridized carbons (Fsp3) is 0. The first-order valence-corrected chi connectivity index (χ1v) is 21.0. The maximum absolute atomic E-state index is 2.50. The standard InChI is InChI=1S/C54H35NS2/c1-2-17-36(18-3-1)39-21-4-5-22-41(39)42-23-6-7-24-43(42)44-25-8-11-31-49(44)55(50-32-16-30-48-46-27-10-13-34-52(46)57-54(48)50)38-20-14-19-37(35-38)40-28-15-29-47-45-26-9-12-33-51(45)56-53(40)47/h1-35H. The fourth-order valence-corrected chi connectivity index (χ4v) is 11.0. The molecular weight excluding hydrogens is 727 g/mol. The van der Waals surface area contributed by atoms with Gasteiger partial charge in [0, 0.05) is 46.9 Å². The molecule has 0 amide bonds. The van der Waals surface area contributed by atoms with Gasteiger partial charge in [-0.25, -0.2) is 0 Å². The molecule has 0 unspecified atom stereocenters. The first-order valence-electron chi connectivity index (χ1n) is 19.3. The van der Waals surface area contributed by atoms with Crippen LogP contribution >= 0.6 is 22.7 Å². The number of nitrogens with zero attached hydrogens (tertiary/aromatic N) is 1. The zero-order valence-electron chi connectivity index (χ0n) is 31.0. The van der Waals surface area contributed by atoms with Gasteiger partial charge in [-0.2, -0.15) is 0 Å². The van der Waals surface area contributed by atoms with Gasteiger partial charge < -0.3 is 4.90 Å². The molecule has 0 aliphatic heterocycles. The molecule has 11 rings (SSSR count). The van der Waals surface area contributed by atoms with E-state index < -0.39 is 0 Å². The number of hydrogen-bond acceptors (Lipinski definition) is 3. The molecule has 0 fully saturated rings. The summed E-state index contributed by atoms with van der Waals surface area (Å²) in [4.78, 5) is 2.50. The minimum atomic E-state index is 1.12. The highest BCUT2D eigenvalue weighted by Crippen LogP contribution is 2.50. The number of hydrogen-bond donors (Lipinski definition) is 0. The van der Waals surface area contributed by atoms with E-state index in [2.05, 4.69) is 217 Å². The van der Waals surface area contributed by atoms with Crippen LogP contribution in [-0.2, 0) is 0 Å². The number of para-hydroxylation sites is 1. The molecule has 1 nitrogen and oxygen atoms in total. The van der Waals surface area contributed by atoms with Crippen LogP contribution in [0.2, 0.25) is 0 Å². The predicted octanol–water partition coefficient (Wildman–Crippen LogP) is 16.6. The summed E-state index contributed by atoms with van der Waals surface area (Å²) in [5.74, 6) is 0. The summed E-state index contributed by atoms with van der Waals surface area (Å²) in [7, 11) is 0. The fourth-order valence-electron chi connectivity index (χ4n) is 8.54. The molecule has 2 aromatic heterocycles. The molecule has 0 radical (unpaired) electrons. The number of thiophene rings is 2. The van der Waals surface area contributed by atoms with Gasteiger partial charge in [-0.15, -0.1) is 22.7 Å².